The molecular weight excluding hydrogens is 398 g/mol. The Labute approximate surface area is 183 Å². The second-order valence-electron chi connectivity index (χ2n) is 8.56. The van der Waals surface area contributed by atoms with Gasteiger partial charge in [-0.2, -0.15) is 0 Å². The SMILES string of the molecule is COCCCCN1C(=O)C2(CCOCC2)Oc2ccc(C(=O)NC3CCCNC3)cc21. The van der Waals surface area contributed by atoms with E-state index in [0.717, 1.165) is 38.8 Å². The van der Waals surface area contributed by atoms with Gasteiger partial charge in [0.2, 0.25) is 0 Å². The number of hydrogen-bond acceptors (Lipinski definition) is 6. The number of methoxy groups -OCH3 is 1. The number of fused-ring (bicyclic) bond motifs is 1. The Morgan fingerprint density at radius 3 is 2.90 bits per heavy atom. The fraction of sp³-hybridized carbons (Fsp3) is 0.652. The van der Waals surface area contributed by atoms with E-state index in [2.05, 4.69) is 10.6 Å². The van der Waals surface area contributed by atoms with Gasteiger partial charge in [0.15, 0.2) is 5.60 Å². The van der Waals surface area contributed by atoms with E-state index in [0.29, 0.717) is 56.2 Å². The molecule has 8 heteroatoms. The molecule has 3 heterocycles. The topological polar surface area (TPSA) is 89.1 Å². The Bertz CT molecular complexity index is 787. The molecule has 170 valence electrons. The fourth-order valence-corrected chi connectivity index (χ4v) is 4.56. The average Bonchev–Trinajstić information content (AvgIpc) is 2.80. The van der Waals surface area contributed by atoms with E-state index in [1.165, 1.54) is 0 Å². The van der Waals surface area contributed by atoms with Crippen LogP contribution in [0, 0.1) is 0 Å². The van der Waals surface area contributed by atoms with Crippen molar-refractivity contribution in [1.82, 2.24) is 10.6 Å². The summed E-state index contributed by atoms with van der Waals surface area (Å²) in [6.07, 6.45) is 4.78. The Morgan fingerprint density at radius 2 is 2.16 bits per heavy atom. The van der Waals surface area contributed by atoms with Gasteiger partial charge in [0.05, 0.1) is 18.9 Å². The van der Waals surface area contributed by atoms with Crippen molar-refractivity contribution >= 4 is 17.5 Å². The number of nitrogens with one attached hydrogen (secondary N) is 2. The monoisotopic (exact) mass is 431 g/mol. The van der Waals surface area contributed by atoms with Crippen LogP contribution in [0.15, 0.2) is 18.2 Å². The van der Waals surface area contributed by atoms with Crippen LogP contribution in [0.2, 0.25) is 0 Å². The maximum atomic E-state index is 13.5. The van der Waals surface area contributed by atoms with Crippen LogP contribution in [-0.2, 0) is 14.3 Å². The highest BCUT2D eigenvalue weighted by Gasteiger charge is 2.49. The van der Waals surface area contributed by atoms with Gasteiger partial charge in [-0.15, -0.1) is 0 Å². The van der Waals surface area contributed by atoms with Crippen molar-refractivity contribution < 1.29 is 23.8 Å². The highest BCUT2D eigenvalue weighted by molar-refractivity contribution is 6.04. The van der Waals surface area contributed by atoms with Crippen LogP contribution in [0.4, 0.5) is 5.69 Å². The first kappa shape index (κ1) is 22.0. The number of carbonyl (C=O) groups excluding carboxylic acids is 2. The number of amides is 2. The summed E-state index contributed by atoms with van der Waals surface area (Å²) < 4.78 is 16.9. The number of nitrogens with zero attached hydrogens (tertiary/aromatic N) is 1. The molecule has 1 unspecified atom stereocenters. The lowest BCUT2D eigenvalue weighted by Crippen LogP contribution is -2.58. The van der Waals surface area contributed by atoms with Crippen molar-refractivity contribution in [1.29, 1.82) is 0 Å². The first-order valence-electron chi connectivity index (χ1n) is 11.4. The Morgan fingerprint density at radius 1 is 1.32 bits per heavy atom. The maximum Gasteiger partial charge on any atom is 0.271 e. The minimum Gasteiger partial charge on any atom is -0.475 e. The zero-order chi connectivity index (χ0) is 21.7. The number of unbranched alkanes of at least 4 members (excludes halogenated alkanes) is 1. The summed E-state index contributed by atoms with van der Waals surface area (Å²) in [5.74, 6) is 0.508. The van der Waals surface area contributed by atoms with E-state index in [4.69, 9.17) is 14.2 Å². The van der Waals surface area contributed by atoms with Crippen molar-refractivity contribution in [2.24, 2.45) is 0 Å². The van der Waals surface area contributed by atoms with Crippen LogP contribution < -0.4 is 20.3 Å². The summed E-state index contributed by atoms with van der Waals surface area (Å²) in [7, 11) is 1.68. The third kappa shape index (κ3) is 4.86. The molecule has 0 radical (unpaired) electrons. The molecule has 3 aliphatic rings. The molecule has 2 N–H and O–H groups in total. The number of piperidine rings is 1. The first-order chi connectivity index (χ1) is 15.1. The molecule has 1 aromatic rings. The molecule has 1 aromatic carbocycles. The summed E-state index contributed by atoms with van der Waals surface area (Å²) in [4.78, 5) is 28.2. The largest absolute Gasteiger partial charge is 0.475 e. The summed E-state index contributed by atoms with van der Waals surface area (Å²) in [6, 6.07) is 5.54. The van der Waals surface area contributed by atoms with E-state index >= 15 is 0 Å². The predicted octanol–water partition coefficient (Wildman–Crippen LogP) is 1.87. The van der Waals surface area contributed by atoms with Gasteiger partial charge in [0.1, 0.15) is 5.75 Å². The Kier molecular flexibility index (Phi) is 7.09. The van der Waals surface area contributed by atoms with Gasteiger partial charge < -0.3 is 29.7 Å². The van der Waals surface area contributed by atoms with Crippen molar-refractivity contribution in [3.8, 4) is 5.75 Å². The third-order valence-corrected chi connectivity index (χ3v) is 6.36. The molecule has 0 aromatic heterocycles. The second kappa shape index (κ2) is 9.97. The quantitative estimate of drug-likeness (QED) is 0.641. The predicted molar refractivity (Wildman–Crippen MR) is 117 cm³/mol. The Hall–Kier alpha value is -2.16. The average molecular weight is 432 g/mol. The van der Waals surface area contributed by atoms with Crippen LogP contribution in [0.5, 0.6) is 5.75 Å². The van der Waals surface area contributed by atoms with Gasteiger partial charge >= 0.3 is 0 Å². The number of carbonyl (C=O) groups is 2. The molecule has 1 spiro atoms. The number of ether oxygens (including phenoxy) is 3. The number of benzene rings is 1. The molecule has 2 amide bonds. The van der Waals surface area contributed by atoms with E-state index in [9.17, 15) is 9.59 Å². The Balaban J connectivity index is 1.56. The van der Waals surface area contributed by atoms with Crippen molar-refractivity contribution in [2.45, 2.75) is 50.2 Å². The summed E-state index contributed by atoms with van der Waals surface area (Å²) in [5.41, 5.74) is 0.351. The summed E-state index contributed by atoms with van der Waals surface area (Å²) >= 11 is 0. The van der Waals surface area contributed by atoms with E-state index in [1.54, 1.807) is 24.1 Å². The molecule has 31 heavy (non-hydrogen) atoms. The standard InChI is InChI=1S/C23H33N3O5/c1-29-12-3-2-11-26-19-15-17(21(27)25-18-5-4-10-24-16-18)6-7-20(19)31-23(22(26)28)8-13-30-14-9-23/h6-7,15,18,24H,2-5,8-14,16H2,1H3,(H,25,27). The van der Waals surface area contributed by atoms with E-state index in [-0.39, 0.29) is 17.9 Å². The first-order valence-corrected chi connectivity index (χ1v) is 11.4. The van der Waals surface area contributed by atoms with Crippen LogP contribution >= 0.6 is 0 Å². The van der Waals surface area contributed by atoms with Gasteiger partial charge in [0, 0.05) is 51.3 Å². The van der Waals surface area contributed by atoms with Gasteiger partial charge in [-0.1, -0.05) is 0 Å². The number of hydrogen-bond donors (Lipinski definition) is 2. The molecule has 0 aliphatic carbocycles. The molecule has 2 fully saturated rings. The lowest BCUT2D eigenvalue weighted by molar-refractivity contribution is -0.144. The number of anilines is 1. The molecule has 1 atom stereocenters. The summed E-state index contributed by atoms with van der Waals surface area (Å²) in [5, 5.41) is 6.42. The molecule has 2 saturated heterocycles. The normalized spacial score (nSPS) is 22.7. The van der Waals surface area contributed by atoms with Crippen LogP contribution in [-0.4, -0.2) is 70.0 Å². The van der Waals surface area contributed by atoms with Crippen molar-refractivity contribution in [3.05, 3.63) is 23.8 Å². The van der Waals surface area contributed by atoms with Crippen LogP contribution in [0.25, 0.3) is 0 Å². The smallest absolute Gasteiger partial charge is 0.271 e. The van der Waals surface area contributed by atoms with E-state index in [1.807, 2.05) is 6.07 Å². The molecule has 0 saturated carbocycles. The number of rotatable bonds is 7. The molecular formula is C23H33N3O5. The van der Waals surface area contributed by atoms with Crippen LogP contribution in [0.3, 0.4) is 0 Å². The van der Waals surface area contributed by atoms with E-state index < -0.39 is 5.60 Å². The minimum absolute atomic E-state index is 0.0326. The molecule has 3 aliphatic heterocycles. The zero-order valence-corrected chi connectivity index (χ0v) is 18.3. The van der Waals surface area contributed by atoms with Crippen LogP contribution in [0.1, 0.15) is 48.9 Å². The molecule has 0 bridgehead atoms. The lowest BCUT2D eigenvalue weighted by atomic mass is 9.90. The second-order valence-corrected chi connectivity index (χ2v) is 8.56. The van der Waals surface area contributed by atoms with Gasteiger partial charge in [-0.3, -0.25) is 9.59 Å². The molecule has 8 nitrogen and oxygen atoms in total. The third-order valence-electron chi connectivity index (χ3n) is 6.36. The highest BCUT2D eigenvalue weighted by Crippen LogP contribution is 2.42. The maximum absolute atomic E-state index is 13.5. The zero-order valence-electron chi connectivity index (χ0n) is 18.3. The summed E-state index contributed by atoms with van der Waals surface area (Å²) in [6.45, 7) is 4.02. The minimum atomic E-state index is -0.871. The fourth-order valence-electron chi connectivity index (χ4n) is 4.56. The molecule has 4 rings (SSSR count). The van der Waals surface area contributed by atoms with Gasteiger partial charge in [-0.05, 0) is 50.4 Å². The lowest BCUT2D eigenvalue weighted by Gasteiger charge is -2.44. The van der Waals surface area contributed by atoms with Gasteiger partial charge in [-0.25, -0.2) is 0 Å². The van der Waals surface area contributed by atoms with Gasteiger partial charge in [0.25, 0.3) is 11.8 Å². The highest BCUT2D eigenvalue weighted by atomic mass is 16.5. The van der Waals surface area contributed by atoms with Crippen molar-refractivity contribution in [2.75, 3.05) is 51.5 Å². The van der Waals surface area contributed by atoms with Crippen molar-refractivity contribution in [3.63, 3.8) is 0 Å².